The Balaban J connectivity index is 2.35. The lowest BCUT2D eigenvalue weighted by Crippen LogP contribution is -2.14. The first-order chi connectivity index (χ1) is 11.9. The van der Waals surface area contributed by atoms with Crippen molar-refractivity contribution in [1.82, 2.24) is 4.90 Å². The summed E-state index contributed by atoms with van der Waals surface area (Å²) in [6.07, 6.45) is 0. The maximum absolute atomic E-state index is 13.2. The van der Waals surface area contributed by atoms with Gasteiger partial charge in [0.05, 0.1) is 18.1 Å². The van der Waals surface area contributed by atoms with E-state index in [9.17, 15) is 9.18 Å². The average molecular weight is 341 g/mol. The van der Waals surface area contributed by atoms with Crippen LogP contribution in [-0.4, -0.2) is 26.1 Å². The van der Waals surface area contributed by atoms with Crippen LogP contribution in [-0.2, 0) is 6.54 Å². The van der Waals surface area contributed by atoms with E-state index in [-0.39, 0.29) is 11.2 Å². The lowest BCUT2D eigenvalue weighted by atomic mass is 10.0. The van der Waals surface area contributed by atoms with Gasteiger partial charge in [0.2, 0.25) is 0 Å². The summed E-state index contributed by atoms with van der Waals surface area (Å²) in [6.45, 7) is 2.29. The molecule has 2 aromatic carbocycles. The van der Waals surface area contributed by atoms with Gasteiger partial charge >= 0.3 is 0 Å². The van der Waals surface area contributed by atoms with E-state index in [0.717, 1.165) is 5.56 Å². The monoisotopic (exact) mass is 341 g/mol. The molecule has 0 radical (unpaired) electrons. The normalized spacial score (nSPS) is 11.3. The zero-order valence-corrected chi connectivity index (χ0v) is 14.7. The second-order valence-electron chi connectivity index (χ2n) is 6.25. The molecule has 3 aromatic rings. The second-order valence-corrected chi connectivity index (χ2v) is 6.25. The molecule has 0 fully saturated rings. The second kappa shape index (κ2) is 6.69. The van der Waals surface area contributed by atoms with E-state index in [1.54, 1.807) is 38.3 Å². The third-order valence-electron chi connectivity index (χ3n) is 4.15. The lowest BCUT2D eigenvalue weighted by molar-refractivity contribution is 0.370. The first kappa shape index (κ1) is 17.2. The van der Waals surface area contributed by atoms with Crippen LogP contribution in [0.5, 0.6) is 5.75 Å². The smallest absolute Gasteiger partial charge is 0.196 e. The van der Waals surface area contributed by atoms with Gasteiger partial charge in [0, 0.05) is 17.7 Å². The topological polar surface area (TPSA) is 42.7 Å². The highest BCUT2D eigenvalue weighted by Gasteiger charge is 2.18. The Morgan fingerprint density at radius 1 is 1.12 bits per heavy atom. The van der Waals surface area contributed by atoms with Gasteiger partial charge in [-0.25, -0.2) is 4.39 Å². The number of hydrogen-bond acceptors (Lipinski definition) is 4. The van der Waals surface area contributed by atoms with Crippen LogP contribution in [0.3, 0.4) is 0 Å². The minimum absolute atomic E-state index is 0.0942. The van der Waals surface area contributed by atoms with Gasteiger partial charge in [0.15, 0.2) is 5.43 Å². The molecular formula is C20H20FNO3. The van der Waals surface area contributed by atoms with E-state index in [1.807, 2.05) is 19.0 Å². The fraction of sp³-hybridized carbons (Fsp3) is 0.250. The number of methoxy groups -OCH3 is 1. The van der Waals surface area contributed by atoms with Gasteiger partial charge in [0.25, 0.3) is 0 Å². The van der Waals surface area contributed by atoms with E-state index in [4.69, 9.17) is 9.15 Å². The Bertz CT molecular complexity index is 975. The highest BCUT2D eigenvalue weighted by atomic mass is 19.1. The zero-order valence-electron chi connectivity index (χ0n) is 14.7. The number of halogens is 1. The summed E-state index contributed by atoms with van der Waals surface area (Å²) in [7, 11) is 5.46. The molecule has 0 bridgehead atoms. The summed E-state index contributed by atoms with van der Waals surface area (Å²) in [4.78, 5) is 14.8. The Kier molecular flexibility index (Phi) is 4.59. The fourth-order valence-corrected chi connectivity index (χ4v) is 2.92. The maximum Gasteiger partial charge on any atom is 0.196 e. The van der Waals surface area contributed by atoms with Crippen molar-refractivity contribution in [3.05, 3.63) is 63.6 Å². The summed E-state index contributed by atoms with van der Waals surface area (Å²) in [5.74, 6) is 0.781. The molecule has 0 spiro atoms. The third kappa shape index (κ3) is 3.15. The molecule has 4 nitrogen and oxygen atoms in total. The van der Waals surface area contributed by atoms with Crippen molar-refractivity contribution in [2.24, 2.45) is 0 Å². The Morgan fingerprint density at radius 3 is 2.40 bits per heavy atom. The molecule has 0 atom stereocenters. The van der Waals surface area contributed by atoms with Crippen LogP contribution >= 0.6 is 0 Å². The largest absolute Gasteiger partial charge is 0.496 e. The number of nitrogens with zero attached hydrogens (tertiary/aromatic N) is 1. The van der Waals surface area contributed by atoms with Crippen LogP contribution < -0.4 is 10.2 Å². The summed E-state index contributed by atoms with van der Waals surface area (Å²) in [5, 5.41) is 0.515. The van der Waals surface area contributed by atoms with Crippen LogP contribution in [0, 0.1) is 12.7 Å². The minimum Gasteiger partial charge on any atom is -0.496 e. The molecule has 0 unspecified atom stereocenters. The van der Waals surface area contributed by atoms with Gasteiger partial charge in [-0.3, -0.25) is 4.79 Å². The van der Waals surface area contributed by atoms with Gasteiger partial charge in [-0.1, -0.05) is 0 Å². The molecule has 0 N–H and O–H groups in total. The predicted molar refractivity (Wildman–Crippen MR) is 96.6 cm³/mol. The number of ether oxygens (including phenoxy) is 1. The SMILES string of the molecule is COc1ccc2c(=O)c(C)c(-c3ccc(F)cc3)oc2c1CN(C)C. The van der Waals surface area contributed by atoms with Crippen LogP contribution in [0.25, 0.3) is 22.3 Å². The molecule has 25 heavy (non-hydrogen) atoms. The molecule has 1 heterocycles. The number of hydrogen-bond donors (Lipinski definition) is 0. The molecule has 130 valence electrons. The summed E-state index contributed by atoms with van der Waals surface area (Å²) >= 11 is 0. The highest BCUT2D eigenvalue weighted by molar-refractivity contribution is 5.85. The molecule has 0 aliphatic heterocycles. The van der Waals surface area contributed by atoms with Crippen molar-refractivity contribution >= 4 is 11.0 Å². The van der Waals surface area contributed by atoms with Crippen molar-refractivity contribution in [2.75, 3.05) is 21.2 Å². The van der Waals surface area contributed by atoms with Crippen molar-refractivity contribution in [3.8, 4) is 17.1 Å². The van der Waals surface area contributed by atoms with Gasteiger partial charge in [-0.05, 0) is 57.4 Å². The zero-order chi connectivity index (χ0) is 18.1. The van der Waals surface area contributed by atoms with Crippen molar-refractivity contribution in [3.63, 3.8) is 0 Å². The van der Waals surface area contributed by atoms with Crippen LogP contribution in [0.15, 0.2) is 45.6 Å². The Morgan fingerprint density at radius 2 is 1.80 bits per heavy atom. The summed E-state index contributed by atoms with van der Waals surface area (Å²) in [6, 6.07) is 9.43. The van der Waals surface area contributed by atoms with Gasteiger partial charge < -0.3 is 14.1 Å². The van der Waals surface area contributed by atoms with Gasteiger partial charge in [-0.15, -0.1) is 0 Å². The van der Waals surface area contributed by atoms with E-state index < -0.39 is 0 Å². The first-order valence-electron chi connectivity index (χ1n) is 7.96. The van der Waals surface area contributed by atoms with Crippen LogP contribution in [0.4, 0.5) is 4.39 Å². The van der Waals surface area contributed by atoms with E-state index in [0.29, 0.717) is 40.2 Å². The van der Waals surface area contributed by atoms with Gasteiger partial charge in [0.1, 0.15) is 22.9 Å². The van der Waals surface area contributed by atoms with Crippen LogP contribution in [0.2, 0.25) is 0 Å². The Labute approximate surface area is 145 Å². The molecular weight excluding hydrogens is 321 g/mol. The van der Waals surface area contributed by atoms with E-state index >= 15 is 0 Å². The first-order valence-corrected chi connectivity index (χ1v) is 7.96. The maximum atomic E-state index is 13.2. The standard InChI is InChI=1S/C20H20FNO3/c1-12-18(23)15-9-10-17(24-4)16(11-22(2)3)20(15)25-19(12)13-5-7-14(21)8-6-13/h5-10H,11H2,1-4H3. The number of benzene rings is 2. The fourth-order valence-electron chi connectivity index (χ4n) is 2.92. The summed E-state index contributed by atoms with van der Waals surface area (Å²) < 4.78 is 24.8. The molecule has 5 heteroatoms. The summed E-state index contributed by atoms with van der Waals surface area (Å²) in [5.41, 5.74) is 2.38. The van der Waals surface area contributed by atoms with Crippen molar-refractivity contribution in [1.29, 1.82) is 0 Å². The molecule has 0 saturated heterocycles. The predicted octanol–water partition coefficient (Wildman–Crippen LogP) is 3.98. The molecule has 3 rings (SSSR count). The van der Waals surface area contributed by atoms with Gasteiger partial charge in [-0.2, -0.15) is 0 Å². The highest BCUT2D eigenvalue weighted by Crippen LogP contribution is 2.32. The molecule has 0 aliphatic rings. The molecule has 1 aromatic heterocycles. The Hall–Kier alpha value is -2.66. The quantitative estimate of drug-likeness (QED) is 0.720. The number of fused-ring (bicyclic) bond motifs is 1. The molecule has 0 aliphatic carbocycles. The van der Waals surface area contributed by atoms with Crippen LogP contribution in [0.1, 0.15) is 11.1 Å². The minimum atomic E-state index is -0.334. The molecule has 0 saturated carbocycles. The lowest BCUT2D eigenvalue weighted by Gasteiger charge is -2.16. The molecule has 0 amide bonds. The average Bonchev–Trinajstić information content (AvgIpc) is 2.59. The van der Waals surface area contributed by atoms with E-state index in [2.05, 4.69) is 0 Å². The van der Waals surface area contributed by atoms with E-state index in [1.165, 1.54) is 12.1 Å². The number of rotatable bonds is 4. The van der Waals surface area contributed by atoms with Crippen molar-refractivity contribution < 1.29 is 13.5 Å². The van der Waals surface area contributed by atoms with Crippen molar-refractivity contribution in [2.45, 2.75) is 13.5 Å². The third-order valence-corrected chi connectivity index (χ3v) is 4.15.